The van der Waals surface area contributed by atoms with Gasteiger partial charge in [0.1, 0.15) is 5.69 Å². The summed E-state index contributed by atoms with van der Waals surface area (Å²) in [5, 5.41) is 8.68. The Morgan fingerprint density at radius 3 is 2.54 bits per heavy atom. The average Bonchev–Trinajstić information content (AvgIpc) is 2.03. The van der Waals surface area contributed by atoms with Crippen molar-refractivity contribution in [3.05, 3.63) is 28.0 Å². The molecule has 0 atom stereocenters. The molecule has 0 fully saturated rings. The summed E-state index contributed by atoms with van der Waals surface area (Å²) in [6, 6.07) is 0.810. The highest BCUT2D eigenvalue weighted by Crippen LogP contribution is 2.29. The molecule has 2 nitrogen and oxygen atoms in total. The summed E-state index contributed by atoms with van der Waals surface area (Å²) in [4.78, 5) is 3.18. The first kappa shape index (κ1) is 10.5. The zero-order valence-electron chi connectivity index (χ0n) is 6.27. The molecule has 0 bridgehead atoms. The first-order valence-electron chi connectivity index (χ1n) is 3.27. The van der Waals surface area contributed by atoms with Crippen LogP contribution in [0.2, 0.25) is 0 Å². The van der Waals surface area contributed by atoms with Gasteiger partial charge in [-0.3, -0.25) is 4.98 Å². The summed E-state index contributed by atoms with van der Waals surface area (Å²) in [5.74, 6) is 0. The highest BCUT2D eigenvalue weighted by molar-refractivity contribution is 9.10. The molecule has 1 aromatic heterocycles. The van der Waals surface area contributed by atoms with E-state index >= 15 is 0 Å². The SMILES string of the molecule is OCc1cc(C(F)(F)F)ncc1Br. The van der Waals surface area contributed by atoms with E-state index in [1.165, 1.54) is 0 Å². The minimum atomic E-state index is -4.47. The van der Waals surface area contributed by atoms with Crippen LogP contribution in [0.15, 0.2) is 16.7 Å². The second kappa shape index (κ2) is 3.63. The van der Waals surface area contributed by atoms with Crippen LogP contribution in [0.3, 0.4) is 0 Å². The van der Waals surface area contributed by atoms with E-state index in [0.717, 1.165) is 12.3 Å². The zero-order chi connectivity index (χ0) is 10.1. The molecule has 0 amide bonds. The lowest BCUT2D eigenvalue weighted by Gasteiger charge is -2.07. The number of rotatable bonds is 1. The van der Waals surface area contributed by atoms with Crippen LogP contribution in [-0.4, -0.2) is 10.1 Å². The predicted molar refractivity (Wildman–Crippen MR) is 42.9 cm³/mol. The van der Waals surface area contributed by atoms with Gasteiger partial charge in [-0.2, -0.15) is 13.2 Å². The quantitative estimate of drug-likeness (QED) is 0.836. The van der Waals surface area contributed by atoms with Gasteiger partial charge in [-0.25, -0.2) is 0 Å². The molecule has 0 aromatic carbocycles. The molecule has 1 N–H and O–H groups in total. The Kier molecular flexibility index (Phi) is 2.92. The van der Waals surface area contributed by atoms with E-state index in [1.54, 1.807) is 0 Å². The fraction of sp³-hybridized carbons (Fsp3) is 0.286. The molecule has 1 rings (SSSR count). The van der Waals surface area contributed by atoms with Crippen LogP contribution in [0.5, 0.6) is 0 Å². The minimum absolute atomic E-state index is 0.169. The van der Waals surface area contributed by atoms with Crippen molar-refractivity contribution in [3.8, 4) is 0 Å². The number of hydrogen-bond acceptors (Lipinski definition) is 2. The lowest BCUT2D eigenvalue weighted by Crippen LogP contribution is -2.08. The van der Waals surface area contributed by atoms with Gasteiger partial charge in [-0.05, 0) is 27.6 Å². The average molecular weight is 256 g/mol. The maximum atomic E-state index is 12.1. The third kappa shape index (κ3) is 2.41. The van der Waals surface area contributed by atoms with Crippen molar-refractivity contribution < 1.29 is 18.3 Å². The number of aromatic nitrogens is 1. The standard InChI is InChI=1S/C7H5BrF3NO/c8-5-2-12-6(7(9,10)11)1-4(5)3-13/h1-2,13H,3H2. The number of nitrogens with zero attached hydrogens (tertiary/aromatic N) is 1. The molecule has 6 heteroatoms. The topological polar surface area (TPSA) is 33.1 Å². The van der Waals surface area contributed by atoms with Gasteiger partial charge in [0.15, 0.2) is 0 Å². The van der Waals surface area contributed by atoms with Gasteiger partial charge in [-0.1, -0.05) is 0 Å². The molecule has 0 aliphatic heterocycles. The maximum absolute atomic E-state index is 12.1. The number of pyridine rings is 1. The predicted octanol–water partition coefficient (Wildman–Crippen LogP) is 2.36. The molecule has 0 spiro atoms. The largest absolute Gasteiger partial charge is 0.433 e. The number of halogens is 4. The zero-order valence-corrected chi connectivity index (χ0v) is 7.85. The van der Waals surface area contributed by atoms with Gasteiger partial charge in [0.2, 0.25) is 0 Å². The van der Waals surface area contributed by atoms with E-state index in [0.29, 0.717) is 4.47 Å². The van der Waals surface area contributed by atoms with Crippen molar-refractivity contribution >= 4 is 15.9 Å². The molecule has 0 saturated carbocycles. The van der Waals surface area contributed by atoms with E-state index in [1.807, 2.05) is 0 Å². The van der Waals surface area contributed by atoms with Crippen LogP contribution in [0.4, 0.5) is 13.2 Å². The smallest absolute Gasteiger partial charge is 0.392 e. The number of aliphatic hydroxyl groups excluding tert-OH is 1. The fourth-order valence-electron chi connectivity index (χ4n) is 0.757. The molecule has 0 radical (unpaired) electrons. The molecule has 0 aliphatic rings. The van der Waals surface area contributed by atoms with Crippen LogP contribution in [-0.2, 0) is 12.8 Å². The van der Waals surface area contributed by atoms with Gasteiger partial charge in [-0.15, -0.1) is 0 Å². The van der Waals surface area contributed by atoms with E-state index < -0.39 is 18.5 Å². The van der Waals surface area contributed by atoms with E-state index in [4.69, 9.17) is 5.11 Å². The highest BCUT2D eigenvalue weighted by Gasteiger charge is 2.32. The van der Waals surface area contributed by atoms with Gasteiger partial charge >= 0.3 is 6.18 Å². The van der Waals surface area contributed by atoms with Crippen molar-refractivity contribution in [2.75, 3.05) is 0 Å². The van der Waals surface area contributed by atoms with Crippen LogP contribution < -0.4 is 0 Å². The molecule has 1 heterocycles. The van der Waals surface area contributed by atoms with Crippen molar-refractivity contribution in [2.45, 2.75) is 12.8 Å². The van der Waals surface area contributed by atoms with Gasteiger partial charge in [0, 0.05) is 10.7 Å². The minimum Gasteiger partial charge on any atom is -0.392 e. The first-order valence-corrected chi connectivity index (χ1v) is 4.07. The Labute approximate surface area is 80.5 Å². The number of alkyl halides is 3. The van der Waals surface area contributed by atoms with Crippen molar-refractivity contribution in [1.29, 1.82) is 0 Å². The monoisotopic (exact) mass is 255 g/mol. The molecule has 0 saturated heterocycles. The summed E-state index contributed by atoms with van der Waals surface area (Å²) < 4.78 is 36.6. The summed E-state index contributed by atoms with van der Waals surface area (Å²) >= 11 is 2.97. The first-order chi connectivity index (χ1) is 5.95. The van der Waals surface area contributed by atoms with Gasteiger partial charge in [0.25, 0.3) is 0 Å². The van der Waals surface area contributed by atoms with Crippen molar-refractivity contribution in [1.82, 2.24) is 4.98 Å². The van der Waals surface area contributed by atoms with E-state index in [-0.39, 0.29) is 5.56 Å². The Morgan fingerprint density at radius 1 is 1.46 bits per heavy atom. The van der Waals surface area contributed by atoms with Crippen molar-refractivity contribution in [3.63, 3.8) is 0 Å². The van der Waals surface area contributed by atoms with E-state index in [2.05, 4.69) is 20.9 Å². The third-order valence-electron chi connectivity index (χ3n) is 1.40. The fourth-order valence-corrected chi connectivity index (χ4v) is 1.10. The Hall–Kier alpha value is -0.620. The van der Waals surface area contributed by atoms with E-state index in [9.17, 15) is 13.2 Å². The molecular weight excluding hydrogens is 251 g/mol. The van der Waals surface area contributed by atoms with Crippen LogP contribution in [0, 0.1) is 0 Å². The van der Waals surface area contributed by atoms with Crippen molar-refractivity contribution in [2.24, 2.45) is 0 Å². The maximum Gasteiger partial charge on any atom is 0.433 e. The van der Waals surface area contributed by atoms with Crippen LogP contribution >= 0.6 is 15.9 Å². The number of aliphatic hydroxyl groups is 1. The summed E-state index contributed by atoms with van der Waals surface area (Å²) in [5.41, 5.74) is -0.831. The van der Waals surface area contributed by atoms with Gasteiger partial charge < -0.3 is 5.11 Å². The third-order valence-corrected chi connectivity index (χ3v) is 2.11. The molecule has 1 aromatic rings. The number of hydrogen-bond donors (Lipinski definition) is 1. The molecule has 0 unspecified atom stereocenters. The lowest BCUT2D eigenvalue weighted by molar-refractivity contribution is -0.141. The Morgan fingerprint density at radius 2 is 2.08 bits per heavy atom. The second-order valence-corrected chi connectivity index (χ2v) is 3.17. The second-order valence-electron chi connectivity index (χ2n) is 2.32. The summed E-state index contributed by atoms with van der Waals surface area (Å²) in [7, 11) is 0. The van der Waals surface area contributed by atoms with Crippen LogP contribution in [0.1, 0.15) is 11.3 Å². The molecule has 13 heavy (non-hydrogen) atoms. The Bertz CT molecular complexity index is 313. The summed E-state index contributed by atoms with van der Waals surface area (Å²) in [6.45, 7) is -0.452. The molecule has 0 aliphatic carbocycles. The lowest BCUT2D eigenvalue weighted by atomic mass is 10.2. The highest BCUT2D eigenvalue weighted by atomic mass is 79.9. The molecule has 72 valence electrons. The summed E-state index contributed by atoms with van der Waals surface area (Å²) in [6.07, 6.45) is -3.45. The normalized spacial score (nSPS) is 11.8. The molecular formula is C7H5BrF3NO. The van der Waals surface area contributed by atoms with Crippen LogP contribution in [0.25, 0.3) is 0 Å². The Balaban J connectivity index is 3.14. The van der Waals surface area contributed by atoms with Gasteiger partial charge in [0.05, 0.1) is 6.61 Å².